The minimum absolute atomic E-state index is 0.203. The summed E-state index contributed by atoms with van der Waals surface area (Å²) in [7, 11) is 0. The molecular formula is C15H26N4O. The predicted molar refractivity (Wildman–Crippen MR) is 79.1 cm³/mol. The molecule has 1 fully saturated rings. The van der Waals surface area contributed by atoms with Crippen LogP contribution in [-0.4, -0.2) is 27.3 Å². The molecule has 3 N–H and O–H groups in total. The lowest BCUT2D eigenvalue weighted by Gasteiger charge is -2.35. The Morgan fingerprint density at radius 2 is 2.40 bits per heavy atom. The lowest BCUT2D eigenvalue weighted by Crippen LogP contribution is -2.60. The lowest BCUT2D eigenvalue weighted by atomic mass is 9.83. The van der Waals surface area contributed by atoms with Gasteiger partial charge in [-0.15, -0.1) is 0 Å². The Balaban J connectivity index is 2.08. The fourth-order valence-corrected chi connectivity index (χ4v) is 3.48. The van der Waals surface area contributed by atoms with Crippen molar-refractivity contribution < 1.29 is 4.79 Å². The molecule has 20 heavy (non-hydrogen) atoms. The van der Waals surface area contributed by atoms with Crippen LogP contribution in [-0.2, 0) is 11.3 Å². The van der Waals surface area contributed by atoms with Crippen molar-refractivity contribution in [1.29, 1.82) is 0 Å². The van der Waals surface area contributed by atoms with Crippen molar-refractivity contribution in [2.75, 3.05) is 0 Å². The molecule has 2 unspecified atom stereocenters. The molecule has 2 rings (SSSR count). The second-order valence-electron chi connectivity index (χ2n) is 6.21. The number of hydrogen-bond donors (Lipinski definition) is 2. The van der Waals surface area contributed by atoms with E-state index in [1.54, 1.807) is 0 Å². The third kappa shape index (κ3) is 2.87. The summed E-state index contributed by atoms with van der Waals surface area (Å²) in [6, 6.07) is 2.26. The van der Waals surface area contributed by atoms with Gasteiger partial charge >= 0.3 is 0 Å². The van der Waals surface area contributed by atoms with E-state index in [0.717, 1.165) is 37.9 Å². The number of hydrogen-bond acceptors (Lipinski definition) is 3. The summed E-state index contributed by atoms with van der Waals surface area (Å²) in [5.41, 5.74) is 6.35. The Hall–Kier alpha value is -1.36. The molecule has 1 aromatic rings. The maximum Gasteiger partial charge on any atom is 0.238 e. The minimum Gasteiger partial charge on any atom is -0.368 e. The number of nitrogens with one attached hydrogen (secondary N) is 1. The summed E-state index contributed by atoms with van der Waals surface area (Å²) in [5.74, 6) is 0.0943. The fourth-order valence-electron chi connectivity index (χ4n) is 3.48. The van der Waals surface area contributed by atoms with Crippen LogP contribution in [0.2, 0.25) is 0 Å². The molecule has 1 aromatic heterocycles. The molecule has 1 aliphatic carbocycles. The van der Waals surface area contributed by atoms with Crippen LogP contribution in [0.5, 0.6) is 0 Å². The van der Waals surface area contributed by atoms with Crippen LogP contribution in [0, 0.1) is 12.8 Å². The van der Waals surface area contributed by atoms with E-state index < -0.39 is 5.54 Å². The van der Waals surface area contributed by atoms with Crippen molar-refractivity contribution in [2.45, 2.75) is 64.6 Å². The SMILES string of the molecule is Cc1ccnn1CCC1CCCC1(NC(C)C)C(N)=O. The average Bonchev–Trinajstić information content (AvgIpc) is 2.93. The Morgan fingerprint density at radius 3 is 2.95 bits per heavy atom. The molecule has 0 bridgehead atoms. The van der Waals surface area contributed by atoms with Gasteiger partial charge in [0, 0.05) is 24.5 Å². The molecule has 5 heteroatoms. The van der Waals surface area contributed by atoms with Crippen molar-refractivity contribution >= 4 is 5.91 Å². The molecule has 1 amide bonds. The van der Waals surface area contributed by atoms with Gasteiger partial charge in [0.25, 0.3) is 0 Å². The third-order valence-electron chi connectivity index (χ3n) is 4.42. The Kier molecular flexibility index (Phi) is 4.48. The molecule has 1 heterocycles. The summed E-state index contributed by atoms with van der Waals surface area (Å²) in [6.07, 6.45) is 5.72. The van der Waals surface area contributed by atoms with Gasteiger partial charge in [0.2, 0.25) is 5.91 Å². The second-order valence-corrected chi connectivity index (χ2v) is 6.21. The number of aryl methyl sites for hydroxylation is 2. The molecule has 0 spiro atoms. The van der Waals surface area contributed by atoms with E-state index in [-0.39, 0.29) is 11.9 Å². The first-order valence-corrected chi connectivity index (χ1v) is 7.51. The molecule has 1 aliphatic rings. The first kappa shape index (κ1) is 15.0. The van der Waals surface area contributed by atoms with Gasteiger partial charge in [0.05, 0.1) is 0 Å². The molecule has 5 nitrogen and oxygen atoms in total. The highest BCUT2D eigenvalue weighted by atomic mass is 16.1. The van der Waals surface area contributed by atoms with Gasteiger partial charge < -0.3 is 11.1 Å². The number of nitrogens with zero attached hydrogens (tertiary/aromatic N) is 2. The van der Waals surface area contributed by atoms with Crippen LogP contribution < -0.4 is 11.1 Å². The number of rotatable bonds is 6. The number of aromatic nitrogens is 2. The number of nitrogens with two attached hydrogens (primary N) is 1. The van der Waals surface area contributed by atoms with Gasteiger partial charge in [0.1, 0.15) is 5.54 Å². The zero-order valence-electron chi connectivity index (χ0n) is 12.7. The van der Waals surface area contributed by atoms with E-state index in [9.17, 15) is 4.79 Å². The normalized spacial score (nSPS) is 26.3. The first-order chi connectivity index (χ1) is 9.45. The van der Waals surface area contributed by atoms with E-state index in [4.69, 9.17) is 5.73 Å². The molecule has 0 saturated heterocycles. The van der Waals surface area contributed by atoms with Crippen molar-refractivity contribution in [3.05, 3.63) is 18.0 Å². The van der Waals surface area contributed by atoms with E-state index in [1.807, 2.05) is 16.9 Å². The van der Waals surface area contributed by atoms with Crippen LogP contribution in [0.25, 0.3) is 0 Å². The molecule has 0 radical (unpaired) electrons. The Labute approximate surface area is 120 Å². The second kappa shape index (κ2) is 5.95. The zero-order chi connectivity index (χ0) is 14.8. The maximum atomic E-state index is 12.0. The number of amides is 1. The topological polar surface area (TPSA) is 72.9 Å². The smallest absolute Gasteiger partial charge is 0.238 e. The predicted octanol–water partition coefficient (Wildman–Crippen LogP) is 1.60. The van der Waals surface area contributed by atoms with Gasteiger partial charge in [-0.25, -0.2) is 0 Å². The van der Waals surface area contributed by atoms with Crippen LogP contribution in [0.15, 0.2) is 12.3 Å². The minimum atomic E-state index is -0.533. The van der Waals surface area contributed by atoms with Gasteiger partial charge in [-0.2, -0.15) is 5.10 Å². The van der Waals surface area contributed by atoms with E-state index in [1.165, 1.54) is 0 Å². The first-order valence-electron chi connectivity index (χ1n) is 7.51. The average molecular weight is 278 g/mol. The molecule has 0 aliphatic heterocycles. The Morgan fingerprint density at radius 1 is 1.65 bits per heavy atom. The number of carbonyl (C=O) groups is 1. The largest absolute Gasteiger partial charge is 0.368 e. The molecule has 1 saturated carbocycles. The van der Waals surface area contributed by atoms with Crippen LogP contribution in [0.3, 0.4) is 0 Å². The van der Waals surface area contributed by atoms with Gasteiger partial charge in [-0.1, -0.05) is 6.42 Å². The summed E-state index contributed by atoms with van der Waals surface area (Å²) in [4.78, 5) is 12.0. The molecule has 0 aromatic carbocycles. The highest BCUT2D eigenvalue weighted by molar-refractivity contribution is 5.85. The fraction of sp³-hybridized carbons (Fsp3) is 0.733. The third-order valence-corrected chi connectivity index (χ3v) is 4.42. The Bertz CT molecular complexity index is 468. The standard InChI is InChI=1S/C15H26N4O/c1-11(2)18-15(14(16)20)8-4-5-13(15)7-10-19-12(3)6-9-17-19/h6,9,11,13,18H,4-5,7-8,10H2,1-3H3,(H2,16,20). The van der Waals surface area contributed by atoms with Crippen LogP contribution in [0.4, 0.5) is 0 Å². The quantitative estimate of drug-likeness (QED) is 0.830. The summed E-state index contributed by atoms with van der Waals surface area (Å²) in [6.45, 7) is 7.03. The molecule has 112 valence electrons. The van der Waals surface area contributed by atoms with Crippen LogP contribution in [0.1, 0.15) is 45.2 Å². The highest BCUT2D eigenvalue weighted by Crippen LogP contribution is 2.38. The summed E-state index contributed by atoms with van der Waals surface area (Å²) in [5, 5.41) is 7.76. The summed E-state index contributed by atoms with van der Waals surface area (Å²) < 4.78 is 2.00. The van der Waals surface area contributed by atoms with E-state index in [2.05, 4.69) is 31.2 Å². The van der Waals surface area contributed by atoms with Gasteiger partial charge in [-0.05, 0) is 52.0 Å². The summed E-state index contributed by atoms with van der Waals surface area (Å²) >= 11 is 0. The van der Waals surface area contributed by atoms with Gasteiger partial charge in [-0.3, -0.25) is 9.48 Å². The van der Waals surface area contributed by atoms with Gasteiger partial charge in [0.15, 0.2) is 0 Å². The van der Waals surface area contributed by atoms with Crippen LogP contribution >= 0.6 is 0 Å². The van der Waals surface area contributed by atoms with Crippen molar-refractivity contribution in [3.8, 4) is 0 Å². The van der Waals surface area contributed by atoms with Crippen molar-refractivity contribution in [3.63, 3.8) is 0 Å². The number of carbonyl (C=O) groups excluding carboxylic acids is 1. The van der Waals surface area contributed by atoms with Crippen molar-refractivity contribution in [1.82, 2.24) is 15.1 Å². The van der Waals surface area contributed by atoms with Crippen molar-refractivity contribution in [2.24, 2.45) is 11.7 Å². The zero-order valence-corrected chi connectivity index (χ0v) is 12.7. The van der Waals surface area contributed by atoms with E-state index >= 15 is 0 Å². The van der Waals surface area contributed by atoms with E-state index in [0.29, 0.717) is 5.92 Å². The monoisotopic (exact) mass is 278 g/mol. The number of primary amides is 1. The maximum absolute atomic E-state index is 12.0. The molecule has 2 atom stereocenters. The lowest BCUT2D eigenvalue weighted by molar-refractivity contribution is -0.126. The molecular weight excluding hydrogens is 252 g/mol. The highest BCUT2D eigenvalue weighted by Gasteiger charge is 2.47.